The number of nitrogens with one attached hydrogen (secondary N) is 2. The highest BCUT2D eigenvalue weighted by molar-refractivity contribution is 14.0. The molecule has 2 aromatic carbocycles. The maximum Gasteiger partial charge on any atom is 0.242 e. The van der Waals surface area contributed by atoms with Crippen molar-refractivity contribution in [1.82, 2.24) is 15.5 Å². The van der Waals surface area contributed by atoms with Crippen LogP contribution in [0, 0.1) is 0 Å². The minimum Gasteiger partial charge on any atom is -0.493 e. The Kier molecular flexibility index (Phi) is 9.22. The van der Waals surface area contributed by atoms with Crippen LogP contribution in [-0.2, 0) is 24.3 Å². The number of guanidine groups is 1. The highest BCUT2D eigenvalue weighted by Crippen LogP contribution is 2.27. The molecule has 0 aromatic heterocycles. The van der Waals surface area contributed by atoms with Crippen molar-refractivity contribution in [2.75, 3.05) is 34.4 Å². The largest absolute Gasteiger partial charge is 0.493 e. The van der Waals surface area contributed by atoms with Gasteiger partial charge in [0.25, 0.3) is 0 Å². The van der Waals surface area contributed by atoms with Gasteiger partial charge in [0.1, 0.15) is 0 Å². The van der Waals surface area contributed by atoms with Crippen LogP contribution in [-0.4, -0.2) is 51.1 Å². The zero-order valence-electron chi connectivity index (χ0n) is 17.6. The fraction of sp³-hybridized carbons (Fsp3) is 0.364. The van der Waals surface area contributed by atoms with E-state index >= 15 is 0 Å². The molecule has 3 rings (SSSR count). The average Bonchev–Trinajstić information content (AvgIpc) is 2.78. The van der Waals surface area contributed by atoms with Gasteiger partial charge >= 0.3 is 0 Å². The molecule has 0 fully saturated rings. The second-order valence-corrected chi connectivity index (χ2v) is 6.80. The lowest BCUT2D eigenvalue weighted by molar-refractivity contribution is -0.130. The molecule has 0 atom stereocenters. The van der Waals surface area contributed by atoms with Crippen LogP contribution >= 0.6 is 24.0 Å². The molecule has 2 N–H and O–H groups in total. The lowest BCUT2D eigenvalue weighted by Crippen LogP contribution is -2.45. The number of halogens is 1. The van der Waals surface area contributed by atoms with E-state index in [1.807, 2.05) is 35.2 Å². The number of hydrogen-bond donors (Lipinski definition) is 2. The van der Waals surface area contributed by atoms with E-state index < -0.39 is 0 Å². The summed E-state index contributed by atoms with van der Waals surface area (Å²) in [7, 11) is 4.91. The first kappa shape index (κ1) is 23.8. The molecular formula is C22H29IN4O3. The first-order chi connectivity index (χ1) is 14.1. The first-order valence-corrected chi connectivity index (χ1v) is 9.64. The SMILES string of the molecule is CN=C(NCC(=O)N1CCc2ccccc2C1)NCc1ccc(OC)c(OC)c1.I. The lowest BCUT2D eigenvalue weighted by Gasteiger charge is -2.29. The van der Waals surface area contributed by atoms with Gasteiger partial charge in [-0.2, -0.15) is 0 Å². The number of aliphatic imine (C=N–C) groups is 1. The van der Waals surface area contributed by atoms with E-state index in [1.54, 1.807) is 21.3 Å². The van der Waals surface area contributed by atoms with Gasteiger partial charge in [-0.25, -0.2) is 0 Å². The molecule has 1 heterocycles. The summed E-state index contributed by atoms with van der Waals surface area (Å²) in [6, 6.07) is 14.0. The summed E-state index contributed by atoms with van der Waals surface area (Å²) in [5, 5.41) is 6.32. The van der Waals surface area contributed by atoms with Crippen molar-refractivity contribution >= 4 is 35.8 Å². The van der Waals surface area contributed by atoms with Gasteiger partial charge in [-0.3, -0.25) is 9.79 Å². The molecule has 0 spiro atoms. The fourth-order valence-corrected chi connectivity index (χ4v) is 3.38. The molecule has 1 amide bonds. The summed E-state index contributed by atoms with van der Waals surface area (Å²) in [6.07, 6.45) is 0.897. The van der Waals surface area contributed by atoms with Crippen LogP contribution in [0.5, 0.6) is 11.5 Å². The first-order valence-electron chi connectivity index (χ1n) is 9.64. The zero-order chi connectivity index (χ0) is 20.6. The molecule has 30 heavy (non-hydrogen) atoms. The summed E-state index contributed by atoms with van der Waals surface area (Å²) in [4.78, 5) is 18.7. The second kappa shape index (κ2) is 11.6. The standard InChI is InChI=1S/C22H28N4O3.HI/c1-23-22(24-13-16-8-9-19(28-2)20(12-16)29-3)25-14-21(27)26-11-10-17-6-4-5-7-18(17)15-26;/h4-9,12H,10-11,13-15H2,1-3H3,(H2,23,24,25);1H. The Balaban J connectivity index is 0.00000320. The second-order valence-electron chi connectivity index (χ2n) is 6.80. The van der Waals surface area contributed by atoms with Gasteiger partial charge in [0.05, 0.1) is 20.8 Å². The maximum atomic E-state index is 12.6. The molecule has 7 nitrogen and oxygen atoms in total. The van der Waals surface area contributed by atoms with Crippen LogP contribution in [0.1, 0.15) is 16.7 Å². The Bertz CT molecular complexity index is 888. The van der Waals surface area contributed by atoms with Gasteiger partial charge in [-0.15, -0.1) is 24.0 Å². The molecule has 0 bridgehead atoms. The van der Waals surface area contributed by atoms with Crippen LogP contribution < -0.4 is 20.1 Å². The third kappa shape index (κ3) is 6.01. The summed E-state index contributed by atoms with van der Waals surface area (Å²) < 4.78 is 10.6. The summed E-state index contributed by atoms with van der Waals surface area (Å²) in [5.74, 6) is 2.00. The summed E-state index contributed by atoms with van der Waals surface area (Å²) >= 11 is 0. The van der Waals surface area contributed by atoms with Crippen molar-refractivity contribution in [1.29, 1.82) is 0 Å². The number of carbonyl (C=O) groups excluding carboxylic acids is 1. The van der Waals surface area contributed by atoms with Crippen molar-refractivity contribution in [3.8, 4) is 11.5 Å². The van der Waals surface area contributed by atoms with E-state index in [9.17, 15) is 4.79 Å². The number of fused-ring (bicyclic) bond motifs is 1. The minimum atomic E-state index is 0. The van der Waals surface area contributed by atoms with Crippen molar-refractivity contribution < 1.29 is 14.3 Å². The number of rotatable bonds is 6. The molecule has 2 aromatic rings. The van der Waals surface area contributed by atoms with Crippen LogP contribution in [0.4, 0.5) is 0 Å². The van der Waals surface area contributed by atoms with Crippen LogP contribution in [0.15, 0.2) is 47.5 Å². The monoisotopic (exact) mass is 524 g/mol. The van der Waals surface area contributed by atoms with Gasteiger partial charge in [-0.1, -0.05) is 30.3 Å². The van der Waals surface area contributed by atoms with E-state index in [-0.39, 0.29) is 36.4 Å². The molecule has 162 valence electrons. The third-order valence-corrected chi connectivity index (χ3v) is 5.02. The Labute approximate surface area is 194 Å². The number of benzene rings is 2. The highest BCUT2D eigenvalue weighted by Gasteiger charge is 2.20. The number of carbonyl (C=O) groups is 1. The fourth-order valence-electron chi connectivity index (χ4n) is 3.38. The van der Waals surface area contributed by atoms with E-state index in [0.29, 0.717) is 30.5 Å². The molecule has 0 unspecified atom stereocenters. The molecule has 0 saturated heterocycles. The average molecular weight is 524 g/mol. The quantitative estimate of drug-likeness (QED) is 0.345. The van der Waals surface area contributed by atoms with Gasteiger partial charge in [0, 0.05) is 26.7 Å². The number of hydrogen-bond acceptors (Lipinski definition) is 4. The Morgan fingerprint density at radius 3 is 2.50 bits per heavy atom. The number of ether oxygens (including phenoxy) is 2. The number of nitrogens with zero attached hydrogens (tertiary/aromatic N) is 2. The van der Waals surface area contributed by atoms with Crippen molar-refractivity contribution in [3.63, 3.8) is 0 Å². The minimum absolute atomic E-state index is 0. The van der Waals surface area contributed by atoms with Crippen molar-refractivity contribution in [2.45, 2.75) is 19.5 Å². The molecule has 0 aliphatic carbocycles. The van der Waals surface area contributed by atoms with E-state index in [1.165, 1.54) is 11.1 Å². The number of amides is 1. The Morgan fingerprint density at radius 1 is 1.07 bits per heavy atom. The molecule has 0 radical (unpaired) electrons. The molecular weight excluding hydrogens is 495 g/mol. The predicted molar refractivity (Wildman–Crippen MR) is 129 cm³/mol. The van der Waals surface area contributed by atoms with E-state index in [4.69, 9.17) is 9.47 Å². The summed E-state index contributed by atoms with van der Waals surface area (Å²) in [6.45, 7) is 2.16. The number of methoxy groups -OCH3 is 2. The van der Waals surface area contributed by atoms with Gasteiger partial charge < -0.3 is 25.0 Å². The summed E-state index contributed by atoms with van der Waals surface area (Å²) in [5.41, 5.74) is 3.57. The smallest absolute Gasteiger partial charge is 0.242 e. The Morgan fingerprint density at radius 2 is 1.80 bits per heavy atom. The highest BCUT2D eigenvalue weighted by atomic mass is 127. The zero-order valence-corrected chi connectivity index (χ0v) is 19.9. The molecule has 8 heteroatoms. The van der Waals surface area contributed by atoms with Crippen molar-refractivity contribution in [3.05, 3.63) is 59.2 Å². The predicted octanol–water partition coefficient (Wildman–Crippen LogP) is 2.57. The third-order valence-electron chi connectivity index (χ3n) is 5.02. The molecule has 1 aliphatic heterocycles. The molecule has 0 saturated carbocycles. The van der Waals surface area contributed by atoms with Crippen LogP contribution in [0.2, 0.25) is 0 Å². The van der Waals surface area contributed by atoms with Crippen LogP contribution in [0.25, 0.3) is 0 Å². The van der Waals surface area contributed by atoms with E-state index in [0.717, 1.165) is 18.5 Å². The molecule has 1 aliphatic rings. The topological polar surface area (TPSA) is 75.2 Å². The normalized spacial score (nSPS) is 13.0. The van der Waals surface area contributed by atoms with Gasteiger partial charge in [0.15, 0.2) is 17.5 Å². The van der Waals surface area contributed by atoms with Gasteiger partial charge in [0.2, 0.25) is 5.91 Å². The van der Waals surface area contributed by atoms with Crippen molar-refractivity contribution in [2.24, 2.45) is 4.99 Å². The maximum absolute atomic E-state index is 12.6. The lowest BCUT2D eigenvalue weighted by atomic mass is 10.00. The van der Waals surface area contributed by atoms with Crippen LogP contribution in [0.3, 0.4) is 0 Å². The van der Waals surface area contributed by atoms with E-state index in [2.05, 4.69) is 27.8 Å². The van der Waals surface area contributed by atoms with Gasteiger partial charge in [-0.05, 0) is 35.2 Å². The Hall–Kier alpha value is -2.49.